The third-order valence-corrected chi connectivity index (χ3v) is 3.72. The zero-order chi connectivity index (χ0) is 12.3. The molecule has 0 fully saturated rings. The Morgan fingerprint density at radius 3 is 2.53 bits per heavy atom. The molecule has 1 aromatic carbocycles. The highest BCUT2D eigenvalue weighted by Crippen LogP contribution is 2.28. The Morgan fingerprint density at radius 1 is 1.29 bits per heavy atom. The van der Waals surface area contributed by atoms with Gasteiger partial charge >= 0.3 is 0 Å². The van der Waals surface area contributed by atoms with Crippen molar-refractivity contribution in [3.8, 4) is 6.07 Å². The van der Waals surface area contributed by atoms with Gasteiger partial charge in [-0.1, -0.05) is 41.9 Å². The second kappa shape index (κ2) is 5.13. The van der Waals surface area contributed by atoms with Gasteiger partial charge in [0.1, 0.15) is 5.92 Å². The summed E-state index contributed by atoms with van der Waals surface area (Å²) in [5.41, 5.74) is 0.699. The molecule has 1 unspecified atom stereocenters. The average Bonchev–Trinajstić information content (AvgIpc) is 2.77. The summed E-state index contributed by atoms with van der Waals surface area (Å²) >= 11 is 7.17. The van der Waals surface area contributed by atoms with Crippen LogP contribution in [-0.4, -0.2) is 5.78 Å². The van der Waals surface area contributed by atoms with Crippen LogP contribution in [0.1, 0.15) is 21.2 Å². The van der Waals surface area contributed by atoms with Gasteiger partial charge in [0.15, 0.2) is 5.78 Å². The van der Waals surface area contributed by atoms with Gasteiger partial charge in [0.2, 0.25) is 0 Å². The average molecular weight is 262 g/mol. The summed E-state index contributed by atoms with van der Waals surface area (Å²) in [6, 6.07) is 12.7. The molecule has 0 aliphatic heterocycles. The molecule has 0 spiro atoms. The zero-order valence-corrected chi connectivity index (χ0v) is 10.3. The van der Waals surface area contributed by atoms with E-state index in [-0.39, 0.29) is 5.78 Å². The third-order valence-electron chi connectivity index (χ3n) is 2.37. The minimum atomic E-state index is -0.785. The van der Waals surface area contributed by atoms with E-state index in [0.717, 1.165) is 0 Å². The van der Waals surface area contributed by atoms with Crippen LogP contribution >= 0.6 is 22.9 Å². The first kappa shape index (κ1) is 11.8. The van der Waals surface area contributed by atoms with Crippen molar-refractivity contribution in [2.24, 2.45) is 0 Å². The first-order valence-electron chi connectivity index (χ1n) is 4.96. The number of benzene rings is 1. The van der Waals surface area contributed by atoms with Crippen molar-refractivity contribution < 1.29 is 4.79 Å². The number of carbonyl (C=O) groups is 1. The topological polar surface area (TPSA) is 40.9 Å². The zero-order valence-electron chi connectivity index (χ0n) is 8.76. The molecular formula is C13H8ClNOS. The van der Waals surface area contributed by atoms with E-state index >= 15 is 0 Å². The van der Waals surface area contributed by atoms with E-state index in [0.29, 0.717) is 15.5 Å². The van der Waals surface area contributed by atoms with E-state index in [2.05, 4.69) is 0 Å². The van der Waals surface area contributed by atoms with Crippen molar-refractivity contribution in [3.05, 3.63) is 57.2 Å². The number of hydrogen-bond donors (Lipinski definition) is 0. The van der Waals surface area contributed by atoms with Crippen LogP contribution in [0, 0.1) is 11.3 Å². The first-order chi connectivity index (χ1) is 8.24. The first-order valence-corrected chi connectivity index (χ1v) is 6.21. The standard InChI is InChI=1S/C13H8ClNOS/c14-11-6-7-17-13(11)12(16)10(8-15)9-4-2-1-3-5-9/h1-7,10H. The maximum absolute atomic E-state index is 12.2. The second-order valence-electron chi connectivity index (χ2n) is 3.43. The second-order valence-corrected chi connectivity index (χ2v) is 4.76. The molecule has 0 amide bonds. The maximum atomic E-state index is 12.2. The number of Topliss-reactive ketones (excluding diaryl/α,β-unsaturated/α-hetero) is 1. The van der Waals surface area contributed by atoms with Crippen LogP contribution in [0.3, 0.4) is 0 Å². The molecule has 4 heteroatoms. The van der Waals surface area contributed by atoms with Crippen LogP contribution in [0.15, 0.2) is 41.8 Å². The molecule has 1 heterocycles. The van der Waals surface area contributed by atoms with Crippen molar-refractivity contribution in [1.29, 1.82) is 5.26 Å². The van der Waals surface area contributed by atoms with Crippen molar-refractivity contribution >= 4 is 28.7 Å². The number of ketones is 1. The van der Waals surface area contributed by atoms with E-state index in [1.807, 2.05) is 24.3 Å². The van der Waals surface area contributed by atoms with Crippen molar-refractivity contribution in [3.63, 3.8) is 0 Å². The Kier molecular flexibility index (Phi) is 3.58. The van der Waals surface area contributed by atoms with Gasteiger partial charge in [-0.15, -0.1) is 11.3 Å². The number of nitrogens with zero attached hydrogens (tertiary/aromatic N) is 1. The van der Waals surface area contributed by atoms with Crippen LogP contribution < -0.4 is 0 Å². The number of halogens is 1. The lowest BCUT2D eigenvalue weighted by Crippen LogP contribution is -2.10. The largest absolute Gasteiger partial charge is 0.291 e. The Bertz CT molecular complexity index is 571. The highest BCUT2D eigenvalue weighted by molar-refractivity contribution is 7.12. The summed E-state index contributed by atoms with van der Waals surface area (Å²) in [5.74, 6) is -1.02. The van der Waals surface area contributed by atoms with E-state index in [1.165, 1.54) is 11.3 Å². The smallest absolute Gasteiger partial charge is 0.195 e. The van der Waals surface area contributed by atoms with E-state index in [1.54, 1.807) is 23.6 Å². The van der Waals surface area contributed by atoms with Crippen molar-refractivity contribution in [2.45, 2.75) is 5.92 Å². The van der Waals surface area contributed by atoms with Crippen LogP contribution in [-0.2, 0) is 0 Å². The molecule has 0 saturated carbocycles. The lowest BCUT2D eigenvalue weighted by atomic mass is 9.95. The van der Waals surface area contributed by atoms with Crippen LogP contribution in [0.4, 0.5) is 0 Å². The number of nitriles is 1. The minimum absolute atomic E-state index is 0.237. The van der Waals surface area contributed by atoms with Gasteiger partial charge in [-0.3, -0.25) is 4.79 Å². The summed E-state index contributed by atoms with van der Waals surface area (Å²) in [5, 5.41) is 11.3. The SMILES string of the molecule is N#CC(C(=O)c1sccc1Cl)c1ccccc1. The molecule has 1 atom stereocenters. The molecule has 2 rings (SSSR count). The van der Waals surface area contributed by atoms with E-state index in [9.17, 15) is 4.79 Å². The van der Waals surface area contributed by atoms with Crippen LogP contribution in [0.5, 0.6) is 0 Å². The molecular weight excluding hydrogens is 254 g/mol. The van der Waals surface area contributed by atoms with Gasteiger partial charge in [0.25, 0.3) is 0 Å². The summed E-state index contributed by atoms with van der Waals surface area (Å²) in [6.07, 6.45) is 0. The molecule has 0 saturated heterocycles. The lowest BCUT2D eigenvalue weighted by molar-refractivity contribution is 0.0983. The van der Waals surface area contributed by atoms with Crippen LogP contribution in [0.25, 0.3) is 0 Å². The molecule has 0 aliphatic rings. The Hall–Kier alpha value is -1.63. The van der Waals surface area contributed by atoms with Gasteiger partial charge in [0, 0.05) is 0 Å². The molecule has 17 heavy (non-hydrogen) atoms. The minimum Gasteiger partial charge on any atom is -0.291 e. The van der Waals surface area contributed by atoms with Crippen molar-refractivity contribution in [1.82, 2.24) is 0 Å². The van der Waals surface area contributed by atoms with Crippen LogP contribution in [0.2, 0.25) is 5.02 Å². The Morgan fingerprint density at radius 2 is 2.00 bits per heavy atom. The molecule has 0 bridgehead atoms. The molecule has 84 valence electrons. The molecule has 0 aliphatic carbocycles. The van der Waals surface area contributed by atoms with Gasteiger partial charge < -0.3 is 0 Å². The highest BCUT2D eigenvalue weighted by Gasteiger charge is 2.24. The lowest BCUT2D eigenvalue weighted by Gasteiger charge is -2.07. The highest BCUT2D eigenvalue weighted by atomic mass is 35.5. The summed E-state index contributed by atoms with van der Waals surface area (Å²) < 4.78 is 0. The van der Waals surface area contributed by atoms with Crippen molar-refractivity contribution in [2.75, 3.05) is 0 Å². The van der Waals surface area contributed by atoms with E-state index in [4.69, 9.17) is 16.9 Å². The Labute approximate surface area is 108 Å². The predicted octanol–water partition coefficient (Wildman–Crippen LogP) is 3.89. The quantitative estimate of drug-likeness (QED) is 0.787. The summed E-state index contributed by atoms with van der Waals surface area (Å²) in [4.78, 5) is 12.6. The molecule has 0 radical (unpaired) electrons. The van der Waals surface area contributed by atoms with E-state index < -0.39 is 5.92 Å². The van der Waals surface area contributed by atoms with Gasteiger partial charge in [-0.25, -0.2) is 0 Å². The fourth-order valence-electron chi connectivity index (χ4n) is 1.53. The monoisotopic (exact) mass is 261 g/mol. The van der Waals surface area contributed by atoms with Gasteiger partial charge in [-0.05, 0) is 17.0 Å². The number of hydrogen-bond acceptors (Lipinski definition) is 3. The fourth-order valence-corrected chi connectivity index (χ4v) is 2.65. The maximum Gasteiger partial charge on any atom is 0.195 e. The third kappa shape index (κ3) is 2.38. The summed E-state index contributed by atoms with van der Waals surface area (Å²) in [7, 11) is 0. The molecule has 1 aromatic heterocycles. The predicted molar refractivity (Wildman–Crippen MR) is 68.5 cm³/mol. The normalized spacial score (nSPS) is 11.8. The fraction of sp³-hybridized carbons (Fsp3) is 0.0769. The summed E-state index contributed by atoms with van der Waals surface area (Å²) in [6.45, 7) is 0. The van der Waals surface area contributed by atoms with Gasteiger partial charge in [0.05, 0.1) is 16.0 Å². The van der Waals surface area contributed by atoms with Gasteiger partial charge in [-0.2, -0.15) is 5.26 Å². The Balaban J connectivity index is 2.36. The molecule has 0 N–H and O–H groups in total. The number of thiophene rings is 1. The molecule has 2 aromatic rings. The molecule has 2 nitrogen and oxygen atoms in total. The number of carbonyl (C=O) groups excluding carboxylic acids is 1. The number of rotatable bonds is 3.